The maximum atomic E-state index is 11.3. The third kappa shape index (κ3) is 1.82. The van der Waals surface area contributed by atoms with Crippen LogP contribution in [-0.4, -0.2) is 30.6 Å². The Kier molecular flexibility index (Phi) is 3.07. The molecule has 3 atom stereocenters. The van der Waals surface area contributed by atoms with Gasteiger partial charge in [-0.05, 0) is 30.9 Å². The molecular formula is C14H16N4O2. The molecule has 0 saturated carbocycles. The van der Waals surface area contributed by atoms with E-state index in [1.807, 2.05) is 6.07 Å². The zero-order chi connectivity index (χ0) is 14.3. The van der Waals surface area contributed by atoms with Gasteiger partial charge in [-0.2, -0.15) is 5.26 Å². The van der Waals surface area contributed by atoms with E-state index in [2.05, 4.69) is 17.1 Å². The second-order valence-electron chi connectivity index (χ2n) is 5.52. The molecule has 0 spiro atoms. The zero-order valence-electron chi connectivity index (χ0n) is 11.2. The van der Waals surface area contributed by atoms with Crippen molar-refractivity contribution in [1.82, 2.24) is 5.32 Å². The van der Waals surface area contributed by atoms with Crippen molar-refractivity contribution in [1.29, 1.82) is 5.26 Å². The topological polar surface area (TPSA) is 82.2 Å². The summed E-state index contributed by atoms with van der Waals surface area (Å²) in [4.78, 5) is 13.0. The van der Waals surface area contributed by atoms with Gasteiger partial charge in [0.2, 0.25) is 0 Å². The molecule has 1 aromatic carbocycles. The first-order valence-corrected chi connectivity index (χ1v) is 6.78. The minimum atomic E-state index is -0.438. The van der Waals surface area contributed by atoms with Crippen molar-refractivity contribution in [3.8, 4) is 6.07 Å². The monoisotopic (exact) mass is 272 g/mol. The predicted octanol–water partition coefficient (Wildman–Crippen LogP) is 1.51. The summed E-state index contributed by atoms with van der Waals surface area (Å²) in [5.74, 6) is 1.07. The Morgan fingerprint density at radius 1 is 1.50 bits per heavy atom. The second-order valence-corrected chi connectivity index (χ2v) is 5.52. The lowest BCUT2D eigenvalue weighted by molar-refractivity contribution is -0.384. The normalized spacial score (nSPS) is 28.2. The maximum absolute atomic E-state index is 11.3. The van der Waals surface area contributed by atoms with Crippen LogP contribution in [0.2, 0.25) is 0 Å². The van der Waals surface area contributed by atoms with Crippen LogP contribution in [0.15, 0.2) is 18.2 Å². The van der Waals surface area contributed by atoms with Crippen LogP contribution in [0.3, 0.4) is 0 Å². The van der Waals surface area contributed by atoms with Gasteiger partial charge in [0.1, 0.15) is 17.3 Å². The summed E-state index contributed by atoms with van der Waals surface area (Å²) >= 11 is 0. The van der Waals surface area contributed by atoms with E-state index in [4.69, 9.17) is 5.26 Å². The molecule has 2 aliphatic rings. The van der Waals surface area contributed by atoms with Crippen LogP contribution in [0, 0.1) is 33.3 Å². The maximum Gasteiger partial charge on any atom is 0.310 e. The lowest BCUT2D eigenvalue weighted by atomic mass is 9.95. The molecule has 104 valence electrons. The van der Waals surface area contributed by atoms with Gasteiger partial charge in [0, 0.05) is 25.7 Å². The highest BCUT2D eigenvalue weighted by Crippen LogP contribution is 2.40. The standard InChI is InChI=1S/C14H16N4O2/c1-9-12-7-16-6-11(12)8-17(9)13-4-2-3-10(5-15)14(13)18(19)20/h2-4,9,11-12,16H,6-8H2,1H3. The van der Waals surface area contributed by atoms with Gasteiger partial charge >= 0.3 is 5.69 Å². The fourth-order valence-corrected chi connectivity index (χ4v) is 3.53. The Morgan fingerprint density at radius 3 is 2.95 bits per heavy atom. The van der Waals surface area contributed by atoms with Crippen LogP contribution >= 0.6 is 0 Å². The zero-order valence-corrected chi connectivity index (χ0v) is 11.2. The molecule has 0 aliphatic carbocycles. The van der Waals surface area contributed by atoms with Gasteiger partial charge in [-0.1, -0.05) is 6.07 Å². The summed E-state index contributed by atoms with van der Waals surface area (Å²) in [5.41, 5.74) is 0.653. The summed E-state index contributed by atoms with van der Waals surface area (Å²) in [5, 5.41) is 23.8. The highest BCUT2D eigenvalue weighted by atomic mass is 16.6. The summed E-state index contributed by atoms with van der Waals surface area (Å²) in [7, 11) is 0. The lowest BCUT2D eigenvalue weighted by Crippen LogP contribution is -2.33. The third-order valence-corrected chi connectivity index (χ3v) is 4.56. The number of nitro benzene ring substituents is 1. The van der Waals surface area contributed by atoms with Crippen LogP contribution in [-0.2, 0) is 0 Å². The van der Waals surface area contributed by atoms with Crippen molar-refractivity contribution >= 4 is 11.4 Å². The molecule has 6 heteroatoms. The minimum Gasteiger partial charge on any atom is -0.363 e. The van der Waals surface area contributed by atoms with Crippen LogP contribution < -0.4 is 10.2 Å². The quantitative estimate of drug-likeness (QED) is 0.652. The molecule has 2 saturated heterocycles. The molecular weight excluding hydrogens is 256 g/mol. The second kappa shape index (κ2) is 4.76. The highest BCUT2D eigenvalue weighted by molar-refractivity contribution is 5.70. The number of nitro groups is 1. The van der Waals surface area contributed by atoms with E-state index >= 15 is 0 Å². The Labute approximate surface area is 117 Å². The van der Waals surface area contributed by atoms with Gasteiger partial charge in [0.15, 0.2) is 0 Å². The first-order chi connectivity index (χ1) is 9.63. The number of nitrogens with one attached hydrogen (secondary N) is 1. The smallest absolute Gasteiger partial charge is 0.310 e. The summed E-state index contributed by atoms with van der Waals surface area (Å²) in [6.07, 6.45) is 0. The van der Waals surface area contributed by atoms with E-state index < -0.39 is 4.92 Å². The third-order valence-electron chi connectivity index (χ3n) is 4.56. The first kappa shape index (κ1) is 12.9. The summed E-state index contributed by atoms with van der Waals surface area (Å²) in [6, 6.07) is 7.16. The predicted molar refractivity (Wildman–Crippen MR) is 74.5 cm³/mol. The highest BCUT2D eigenvalue weighted by Gasteiger charge is 2.43. The van der Waals surface area contributed by atoms with Gasteiger partial charge in [-0.15, -0.1) is 0 Å². The number of benzene rings is 1. The SMILES string of the molecule is CC1C2CNCC2CN1c1cccc(C#N)c1[N+](=O)[O-]. The molecule has 2 heterocycles. The van der Waals surface area contributed by atoms with Crippen LogP contribution in [0.1, 0.15) is 12.5 Å². The average Bonchev–Trinajstić information content (AvgIpc) is 3.01. The van der Waals surface area contributed by atoms with E-state index in [-0.39, 0.29) is 17.3 Å². The lowest BCUT2D eigenvalue weighted by Gasteiger charge is -2.26. The van der Waals surface area contributed by atoms with Gasteiger partial charge < -0.3 is 10.2 Å². The first-order valence-electron chi connectivity index (χ1n) is 6.78. The molecule has 2 aliphatic heterocycles. The Morgan fingerprint density at radius 2 is 2.30 bits per heavy atom. The van der Waals surface area contributed by atoms with E-state index in [0.29, 0.717) is 17.5 Å². The van der Waals surface area contributed by atoms with Crippen molar-refractivity contribution in [2.24, 2.45) is 11.8 Å². The fraction of sp³-hybridized carbons (Fsp3) is 0.500. The molecule has 0 bridgehead atoms. The summed E-state index contributed by atoms with van der Waals surface area (Å²) < 4.78 is 0. The number of nitrogens with zero attached hydrogens (tertiary/aromatic N) is 3. The Bertz CT molecular complexity index is 595. The molecule has 3 rings (SSSR count). The van der Waals surface area contributed by atoms with Crippen molar-refractivity contribution in [3.63, 3.8) is 0 Å². The van der Waals surface area contributed by atoms with Crippen LogP contribution in [0.4, 0.5) is 11.4 Å². The molecule has 2 fully saturated rings. The molecule has 0 radical (unpaired) electrons. The Balaban J connectivity index is 2.03. The minimum absolute atomic E-state index is 0.0604. The Hall–Kier alpha value is -2.13. The van der Waals surface area contributed by atoms with Crippen molar-refractivity contribution in [2.75, 3.05) is 24.5 Å². The summed E-state index contributed by atoms with van der Waals surface area (Å²) in [6.45, 7) is 4.86. The van der Waals surface area contributed by atoms with E-state index in [1.165, 1.54) is 6.07 Å². The van der Waals surface area contributed by atoms with Gasteiger partial charge in [-0.3, -0.25) is 10.1 Å². The number of hydrogen-bond donors (Lipinski definition) is 1. The largest absolute Gasteiger partial charge is 0.363 e. The van der Waals surface area contributed by atoms with Crippen molar-refractivity contribution in [3.05, 3.63) is 33.9 Å². The van der Waals surface area contributed by atoms with Crippen molar-refractivity contribution < 1.29 is 4.92 Å². The molecule has 1 aromatic rings. The van der Waals surface area contributed by atoms with Crippen LogP contribution in [0.5, 0.6) is 0 Å². The fourth-order valence-electron chi connectivity index (χ4n) is 3.53. The molecule has 20 heavy (non-hydrogen) atoms. The van der Waals surface area contributed by atoms with Gasteiger partial charge in [0.05, 0.1) is 4.92 Å². The van der Waals surface area contributed by atoms with E-state index in [9.17, 15) is 10.1 Å². The van der Waals surface area contributed by atoms with Crippen LogP contribution in [0.25, 0.3) is 0 Å². The van der Waals surface area contributed by atoms with E-state index in [1.54, 1.807) is 12.1 Å². The van der Waals surface area contributed by atoms with E-state index in [0.717, 1.165) is 19.6 Å². The average molecular weight is 272 g/mol. The molecule has 1 N–H and O–H groups in total. The number of nitriles is 1. The number of fused-ring (bicyclic) bond motifs is 1. The van der Waals surface area contributed by atoms with Crippen molar-refractivity contribution in [2.45, 2.75) is 13.0 Å². The number of anilines is 1. The number of hydrogen-bond acceptors (Lipinski definition) is 5. The number of para-hydroxylation sites is 1. The number of rotatable bonds is 2. The molecule has 3 unspecified atom stereocenters. The molecule has 0 amide bonds. The molecule has 0 aromatic heterocycles. The molecule has 6 nitrogen and oxygen atoms in total. The van der Waals surface area contributed by atoms with Gasteiger partial charge in [-0.25, -0.2) is 0 Å². The van der Waals surface area contributed by atoms with Gasteiger partial charge in [0.25, 0.3) is 0 Å².